The van der Waals surface area contributed by atoms with Crippen molar-refractivity contribution < 1.29 is 34.2 Å². The molecule has 0 aromatic heterocycles. The van der Waals surface area contributed by atoms with Gasteiger partial charge < -0.3 is 24.6 Å². The maximum atomic E-state index is 11.6. The number of carbonyl (C=O) groups is 3. The fourth-order valence-corrected chi connectivity index (χ4v) is 5.29. The fraction of sp³-hybridized carbons (Fsp3) is 0.833. The van der Waals surface area contributed by atoms with Crippen LogP contribution in [-0.4, -0.2) is 58.8 Å². The van der Waals surface area contributed by atoms with E-state index in [1.807, 2.05) is 0 Å². The SMILES string of the molecule is C/C=C/CCCCCCCCCCCCCCC[N+](CC(C)C(=O)[O-])(CC(C)C(=O)O)CC(C)C(=O)O. The molecule has 0 aromatic rings. The van der Waals surface area contributed by atoms with Crippen LogP contribution in [0.4, 0.5) is 0 Å². The first-order valence-corrected chi connectivity index (χ1v) is 14.7. The number of carbonyl (C=O) groups excluding carboxylic acids is 1. The predicted octanol–water partition coefficient (Wildman–Crippen LogP) is 5.67. The van der Waals surface area contributed by atoms with Crippen molar-refractivity contribution in [1.29, 1.82) is 0 Å². The molecular formula is C30H55NO6. The van der Waals surface area contributed by atoms with Gasteiger partial charge in [0.1, 0.15) is 11.8 Å². The molecule has 0 amide bonds. The molecule has 0 saturated heterocycles. The first-order chi connectivity index (χ1) is 17.5. The van der Waals surface area contributed by atoms with E-state index in [4.69, 9.17) is 0 Å². The number of rotatable bonds is 25. The molecule has 37 heavy (non-hydrogen) atoms. The maximum absolute atomic E-state index is 11.6. The van der Waals surface area contributed by atoms with Gasteiger partial charge in [-0.25, -0.2) is 0 Å². The Kier molecular flexibility index (Phi) is 20.0. The van der Waals surface area contributed by atoms with Crippen molar-refractivity contribution >= 4 is 17.9 Å². The molecule has 0 aliphatic heterocycles. The predicted molar refractivity (Wildman–Crippen MR) is 147 cm³/mol. The number of hydrogen-bond donors (Lipinski definition) is 2. The summed E-state index contributed by atoms with van der Waals surface area (Å²) in [4.78, 5) is 34.6. The van der Waals surface area contributed by atoms with E-state index in [9.17, 15) is 29.7 Å². The van der Waals surface area contributed by atoms with Gasteiger partial charge in [-0.2, -0.15) is 0 Å². The number of aliphatic carboxylic acids is 3. The number of quaternary nitrogens is 1. The van der Waals surface area contributed by atoms with Gasteiger partial charge >= 0.3 is 11.9 Å². The summed E-state index contributed by atoms with van der Waals surface area (Å²) < 4.78 is 0.186. The first-order valence-electron chi connectivity index (χ1n) is 14.7. The van der Waals surface area contributed by atoms with E-state index in [0.29, 0.717) is 6.54 Å². The van der Waals surface area contributed by atoms with Crippen molar-refractivity contribution in [2.45, 2.75) is 118 Å². The molecule has 216 valence electrons. The third-order valence-corrected chi connectivity index (χ3v) is 7.47. The molecule has 0 aliphatic rings. The Bertz CT molecular complexity index is 607. The summed E-state index contributed by atoms with van der Waals surface area (Å²) in [5.74, 6) is -5.23. The maximum Gasteiger partial charge on any atom is 0.311 e. The number of nitrogens with zero attached hydrogens (tertiary/aromatic N) is 1. The summed E-state index contributed by atoms with van der Waals surface area (Å²) in [6, 6.07) is 0. The summed E-state index contributed by atoms with van der Waals surface area (Å²) in [6.07, 6.45) is 21.4. The summed E-state index contributed by atoms with van der Waals surface area (Å²) in [5, 5.41) is 30.5. The molecule has 0 fully saturated rings. The lowest BCUT2D eigenvalue weighted by atomic mass is 10.00. The lowest BCUT2D eigenvalue weighted by Crippen LogP contribution is -2.58. The Morgan fingerprint density at radius 2 is 1.00 bits per heavy atom. The number of allylic oxidation sites excluding steroid dienone is 2. The zero-order valence-corrected chi connectivity index (χ0v) is 24.1. The van der Waals surface area contributed by atoms with E-state index < -0.39 is 35.7 Å². The molecule has 7 heteroatoms. The molecule has 0 aromatic carbocycles. The summed E-state index contributed by atoms with van der Waals surface area (Å²) in [6.45, 7) is 8.07. The standard InChI is InChI=1S/C30H55NO6/c1-5-6-7-8-9-10-11-12-13-14-15-16-17-18-19-20-21-31(22-25(2)28(32)33,23-26(3)29(34)35)24-27(4)30(36)37/h5-6,25-27H,7-24H2,1-4H3,(H2-,32,33,34,35,36,37)/b6-5+. The molecule has 0 radical (unpaired) electrons. The van der Waals surface area contributed by atoms with Gasteiger partial charge in [-0.05, 0) is 46.5 Å². The summed E-state index contributed by atoms with van der Waals surface area (Å²) in [7, 11) is 0. The second kappa shape index (κ2) is 21.1. The highest BCUT2D eigenvalue weighted by Gasteiger charge is 2.36. The van der Waals surface area contributed by atoms with Crippen molar-refractivity contribution in [3.8, 4) is 0 Å². The van der Waals surface area contributed by atoms with Crippen molar-refractivity contribution in [1.82, 2.24) is 0 Å². The Morgan fingerprint density at radius 1 is 0.649 bits per heavy atom. The van der Waals surface area contributed by atoms with Gasteiger partial charge in [-0.1, -0.05) is 83.3 Å². The second-order valence-corrected chi connectivity index (χ2v) is 11.3. The topological polar surface area (TPSA) is 115 Å². The van der Waals surface area contributed by atoms with Gasteiger partial charge in [0.2, 0.25) is 0 Å². The highest BCUT2D eigenvalue weighted by molar-refractivity contribution is 5.70. The Balaban J connectivity index is 4.47. The Hall–Kier alpha value is -1.89. The van der Waals surface area contributed by atoms with Gasteiger partial charge in [0, 0.05) is 11.9 Å². The number of carboxylic acid groups (broad SMARTS) is 3. The van der Waals surface area contributed by atoms with Crippen LogP contribution in [-0.2, 0) is 14.4 Å². The molecular weight excluding hydrogens is 470 g/mol. The van der Waals surface area contributed by atoms with Crippen LogP contribution in [0.1, 0.15) is 118 Å². The lowest BCUT2D eigenvalue weighted by Gasteiger charge is -2.43. The first kappa shape index (κ1) is 35.1. The largest absolute Gasteiger partial charge is 0.550 e. The third-order valence-electron chi connectivity index (χ3n) is 7.47. The van der Waals surface area contributed by atoms with E-state index in [2.05, 4.69) is 19.1 Å². The molecule has 3 atom stereocenters. The summed E-state index contributed by atoms with van der Waals surface area (Å²) >= 11 is 0. The molecule has 0 aliphatic carbocycles. The summed E-state index contributed by atoms with van der Waals surface area (Å²) in [5.41, 5.74) is 0. The zero-order chi connectivity index (χ0) is 28.1. The van der Waals surface area contributed by atoms with Crippen molar-refractivity contribution in [3.05, 3.63) is 12.2 Å². The van der Waals surface area contributed by atoms with Gasteiger partial charge in [-0.3, -0.25) is 9.59 Å². The average Bonchev–Trinajstić information content (AvgIpc) is 2.83. The third kappa shape index (κ3) is 18.1. The number of hydrogen-bond acceptors (Lipinski definition) is 4. The van der Waals surface area contributed by atoms with Gasteiger partial charge in [0.05, 0.1) is 26.2 Å². The van der Waals surface area contributed by atoms with Crippen molar-refractivity contribution in [3.63, 3.8) is 0 Å². The van der Waals surface area contributed by atoms with Crippen LogP contribution in [0.3, 0.4) is 0 Å². The fourth-order valence-electron chi connectivity index (χ4n) is 5.29. The minimum absolute atomic E-state index is 0.186. The van der Waals surface area contributed by atoms with Gasteiger partial charge in [-0.15, -0.1) is 0 Å². The van der Waals surface area contributed by atoms with Crippen LogP contribution in [0.15, 0.2) is 12.2 Å². The molecule has 0 bridgehead atoms. The van der Waals surface area contributed by atoms with E-state index in [-0.39, 0.29) is 24.1 Å². The Labute approximate surface area is 225 Å². The van der Waals surface area contributed by atoms with E-state index in [1.165, 1.54) is 64.2 Å². The molecule has 0 rings (SSSR count). The zero-order valence-electron chi connectivity index (χ0n) is 24.1. The average molecular weight is 526 g/mol. The highest BCUT2D eigenvalue weighted by atomic mass is 16.4. The lowest BCUT2D eigenvalue weighted by molar-refractivity contribution is -0.934. The van der Waals surface area contributed by atoms with Crippen molar-refractivity contribution in [2.24, 2.45) is 17.8 Å². The van der Waals surface area contributed by atoms with Gasteiger partial charge in [0.25, 0.3) is 0 Å². The Morgan fingerprint density at radius 3 is 1.35 bits per heavy atom. The van der Waals surface area contributed by atoms with Crippen LogP contribution >= 0.6 is 0 Å². The van der Waals surface area contributed by atoms with Crippen LogP contribution in [0.5, 0.6) is 0 Å². The molecule has 3 unspecified atom stereocenters. The second-order valence-electron chi connectivity index (χ2n) is 11.3. The number of unbranched alkanes of at least 4 members (excludes halogenated alkanes) is 13. The van der Waals surface area contributed by atoms with Crippen LogP contribution in [0.2, 0.25) is 0 Å². The van der Waals surface area contributed by atoms with Gasteiger partial charge in [0.15, 0.2) is 0 Å². The van der Waals surface area contributed by atoms with E-state index in [0.717, 1.165) is 25.7 Å². The molecule has 0 spiro atoms. The highest BCUT2D eigenvalue weighted by Crippen LogP contribution is 2.22. The number of carboxylic acids is 3. The minimum atomic E-state index is -1.18. The molecule has 2 N–H and O–H groups in total. The van der Waals surface area contributed by atoms with Crippen LogP contribution in [0.25, 0.3) is 0 Å². The van der Waals surface area contributed by atoms with Crippen LogP contribution < -0.4 is 5.11 Å². The van der Waals surface area contributed by atoms with E-state index in [1.54, 1.807) is 20.8 Å². The molecule has 7 nitrogen and oxygen atoms in total. The minimum Gasteiger partial charge on any atom is -0.550 e. The monoisotopic (exact) mass is 525 g/mol. The normalized spacial score (nSPS) is 15.8. The van der Waals surface area contributed by atoms with Crippen molar-refractivity contribution in [2.75, 3.05) is 26.2 Å². The quantitative estimate of drug-likeness (QED) is 0.0902. The molecule has 0 saturated carbocycles. The smallest absolute Gasteiger partial charge is 0.311 e. The van der Waals surface area contributed by atoms with Crippen LogP contribution in [0, 0.1) is 17.8 Å². The molecule has 0 heterocycles. The van der Waals surface area contributed by atoms with E-state index >= 15 is 0 Å².